The predicted molar refractivity (Wildman–Crippen MR) is 69.7 cm³/mol. The minimum absolute atomic E-state index is 0.166. The smallest absolute Gasteiger partial charge is 0.125 e. The van der Waals surface area contributed by atoms with Crippen LogP contribution in [0, 0.1) is 5.92 Å². The fraction of sp³-hybridized carbons (Fsp3) is 0.615. The summed E-state index contributed by atoms with van der Waals surface area (Å²) in [6, 6.07) is 3.71. The summed E-state index contributed by atoms with van der Waals surface area (Å²) < 4.78 is 0. The van der Waals surface area contributed by atoms with Gasteiger partial charge in [-0.1, -0.05) is 19.8 Å². The standard InChI is InChI=1S/C13H21N3O/c1-10-3-2-5-13(8-10,9-17)16-11-4-6-15-12(14)7-11/h4,6-7,10,17H,2-3,5,8-9H2,1H3,(H3,14,15,16). The average molecular weight is 235 g/mol. The van der Waals surface area contributed by atoms with Crippen molar-refractivity contribution in [3.05, 3.63) is 18.3 Å². The molecule has 1 aliphatic rings. The van der Waals surface area contributed by atoms with Crippen molar-refractivity contribution in [3.63, 3.8) is 0 Å². The summed E-state index contributed by atoms with van der Waals surface area (Å²) >= 11 is 0. The third kappa shape index (κ3) is 2.88. The Hall–Kier alpha value is -1.29. The van der Waals surface area contributed by atoms with Gasteiger partial charge in [-0.15, -0.1) is 0 Å². The first-order valence-corrected chi connectivity index (χ1v) is 6.24. The molecule has 1 saturated carbocycles. The monoisotopic (exact) mass is 235 g/mol. The van der Waals surface area contributed by atoms with E-state index >= 15 is 0 Å². The quantitative estimate of drug-likeness (QED) is 0.749. The molecule has 1 fully saturated rings. The van der Waals surface area contributed by atoms with Gasteiger partial charge in [-0.3, -0.25) is 0 Å². The summed E-state index contributed by atoms with van der Waals surface area (Å²) in [6.07, 6.45) is 6.12. The Balaban J connectivity index is 2.13. The van der Waals surface area contributed by atoms with Crippen LogP contribution in [0.5, 0.6) is 0 Å². The second-order valence-electron chi connectivity index (χ2n) is 5.23. The third-order valence-corrected chi connectivity index (χ3v) is 3.58. The summed E-state index contributed by atoms with van der Waals surface area (Å²) in [5.74, 6) is 1.16. The average Bonchev–Trinajstić information content (AvgIpc) is 2.29. The first-order valence-electron chi connectivity index (χ1n) is 6.24. The molecule has 0 amide bonds. The second-order valence-corrected chi connectivity index (χ2v) is 5.23. The first kappa shape index (κ1) is 12.2. The molecule has 1 aromatic heterocycles. The molecule has 1 aliphatic carbocycles. The molecule has 0 aromatic carbocycles. The molecular weight excluding hydrogens is 214 g/mol. The zero-order valence-corrected chi connectivity index (χ0v) is 10.3. The Labute approximate surface area is 102 Å². The Morgan fingerprint density at radius 3 is 3.12 bits per heavy atom. The van der Waals surface area contributed by atoms with Gasteiger partial charge in [0.25, 0.3) is 0 Å². The van der Waals surface area contributed by atoms with Crippen LogP contribution in [-0.2, 0) is 0 Å². The minimum Gasteiger partial charge on any atom is -0.394 e. The summed E-state index contributed by atoms with van der Waals surface area (Å²) in [7, 11) is 0. The molecule has 0 bridgehead atoms. The van der Waals surface area contributed by atoms with Crippen molar-refractivity contribution in [1.82, 2.24) is 4.98 Å². The third-order valence-electron chi connectivity index (χ3n) is 3.58. The molecule has 0 spiro atoms. The van der Waals surface area contributed by atoms with E-state index in [9.17, 15) is 5.11 Å². The Bertz CT molecular complexity index is 383. The number of nitrogens with zero attached hydrogens (tertiary/aromatic N) is 1. The van der Waals surface area contributed by atoms with Gasteiger partial charge in [-0.2, -0.15) is 0 Å². The number of pyridine rings is 1. The number of rotatable bonds is 3. The van der Waals surface area contributed by atoms with Gasteiger partial charge in [0.15, 0.2) is 0 Å². The number of hydrogen-bond acceptors (Lipinski definition) is 4. The van der Waals surface area contributed by atoms with Gasteiger partial charge in [0.2, 0.25) is 0 Å². The number of hydrogen-bond donors (Lipinski definition) is 3. The first-order chi connectivity index (χ1) is 8.13. The predicted octanol–water partition coefficient (Wildman–Crippen LogP) is 2.02. The number of aliphatic hydroxyl groups excluding tert-OH is 1. The van der Waals surface area contributed by atoms with E-state index in [2.05, 4.69) is 17.2 Å². The number of aromatic nitrogens is 1. The fourth-order valence-corrected chi connectivity index (χ4v) is 2.79. The van der Waals surface area contributed by atoms with Crippen molar-refractivity contribution in [2.24, 2.45) is 5.92 Å². The Kier molecular flexibility index (Phi) is 3.52. The maximum Gasteiger partial charge on any atom is 0.125 e. The summed E-state index contributed by atoms with van der Waals surface area (Å²) in [5, 5.41) is 13.1. The molecule has 1 aromatic rings. The van der Waals surface area contributed by atoms with Crippen molar-refractivity contribution in [2.75, 3.05) is 17.7 Å². The molecule has 0 aliphatic heterocycles. The molecule has 4 nitrogen and oxygen atoms in total. The van der Waals surface area contributed by atoms with E-state index in [1.54, 1.807) is 6.20 Å². The van der Waals surface area contributed by atoms with Crippen molar-refractivity contribution in [2.45, 2.75) is 38.1 Å². The van der Waals surface area contributed by atoms with Crippen molar-refractivity contribution >= 4 is 11.5 Å². The lowest BCUT2D eigenvalue weighted by atomic mass is 9.76. The Morgan fingerprint density at radius 1 is 1.65 bits per heavy atom. The van der Waals surface area contributed by atoms with Crippen molar-refractivity contribution < 1.29 is 5.11 Å². The van der Waals surface area contributed by atoms with Gasteiger partial charge < -0.3 is 16.2 Å². The molecule has 4 heteroatoms. The second kappa shape index (κ2) is 4.92. The zero-order valence-electron chi connectivity index (χ0n) is 10.3. The van der Waals surface area contributed by atoms with Crippen LogP contribution < -0.4 is 11.1 Å². The highest BCUT2D eigenvalue weighted by molar-refractivity contribution is 5.51. The topological polar surface area (TPSA) is 71.2 Å². The van der Waals surface area contributed by atoms with Crippen LogP contribution in [0.15, 0.2) is 18.3 Å². The van der Waals surface area contributed by atoms with E-state index in [4.69, 9.17) is 5.73 Å². The van der Waals surface area contributed by atoms with Crippen LogP contribution >= 0.6 is 0 Å². The lowest BCUT2D eigenvalue weighted by molar-refractivity contribution is 0.149. The number of aliphatic hydroxyl groups is 1. The molecular formula is C13H21N3O. The molecule has 2 unspecified atom stereocenters. The SMILES string of the molecule is CC1CCCC(CO)(Nc2ccnc(N)c2)C1. The number of anilines is 2. The normalized spacial score (nSPS) is 28.9. The van der Waals surface area contributed by atoms with E-state index in [0.29, 0.717) is 11.7 Å². The summed E-state index contributed by atoms with van der Waals surface area (Å²) in [5.41, 5.74) is 6.42. The molecule has 0 radical (unpaired) electrons. The minimum atomic E-state index is -0.189. The zero-order chi connectivity index (χ0) is 12.3. The lowest BCUT2D eigenvalue weighted by Crippen LogP contribution is -2.45. The number of nitrogens with two attached hydrogens (primary N) is 1. The number of nitrogens with one attached hydrogen (secondary N) is 1. The van der Waals surface area contributed by atoms with Crippen molar-refractivity contribution in [1.29, 1.82) is 0 Å². The molecule has 1 heterocycles. The van der Waals surface area contributed by atoms with Gasteiger partial charge >= 0.3 is 0 Å². The van der Waals surface area contributed by atoms with Gasteiger partial charge in [-0.05, 0) is 24.8 Å². The highest BCUT2D eigenvalue weighted by Gasteiger charge is 2.34. The summed E-state index contributed by atoms with van der Waals surface area (Å²) in [4.78, 5) is 3.97. The van der Waals surface area contributed by atoms with Gasteiger partial charge in [0, 0.05) is 18.0 Å². The van der Waals surface area contributed by atoms with Crippen LogP contribution in [0.2, 0.25) is 0 Å². The van der Waals surface area contributed by atoms with E-state index in [0.717, 1.165) is 24.9 Å². The molecule has 0 saturated heterocycles. The maximum atomic E-state index is 9.68. The van der Waals surface area contributed by atoms with Crippen LogP contribution in [0.25, 0.3) is 0 Å². The molecule has 2 rings (SSSR count). The fourth-order valence-electron chi connectivity index (χ4n) is 2.79. The van der Waals surface area contributed by atoms with Crippen LogP contribution in [0.4, 0.5) is 11.5 Å². The van der Waals surface area contributed by atoms with Gasteiger partial charge in [-0.25, -0.2) is 4.98 Å². The lowest BCUT2D eigenvalue weighted by Gasteiger charge is -2.40. The highest BCUT2D eigenvalue weighted by Crippen LogP contribution is 2.34. The maximum absolute atomic E-state index is 9.68. The van der Waals surface area contributed by atoms with Crippen LogP contribution in [-0.4, -0.2) is 22.2 Å². The van der Waals surface area contributed by atoms with Crippen LogP contribution in [0.1, 0.15) is 32.6 Å². The van der Waals surface area contributed by atoms with Gasteiger partial charge in [0.1, 0.15) is 5.82 Å². The highest BCUT2D eigenvalue weighted by atomic mass is 16.3. The largest absolute Gasteiger partial charge is 0.394 e. The van der Waals surface area contributed by atoms with E-state index in [1.165, 1.54) is 6.42 Å². The molecule has 4 N–H and O–H groups in total. The number of nitrogen functional groups attached to an aromatic ring is 1. The Morgan fingerprint density at radius 2 is 2.47 bits per heavy atom. The molecule has 2 atom stereocenters. The van der Waals surface area contributed by atoms with Crippen molar-refractivity contribution in [3.8, 4) is 0 Å². The van der Waals surface area contributed by atoms with E-state index in [1.807, 2.05) is 12.1 Å². The van der Waals surface area contributed by atoms with Crippen LogP contribution in [0.3, 0.4) is 0 Å². The van der Waals surface area contributed by atoms with E-state index < -0.39 is 0 Å². The molecule has 17 heavy (non-hydrogen) atoms. The van der Waals surface area contributed by atoms with E-state index in [-0.39, 0.29) is 12.1 Å². The summed E-state index contributed by atoms with van der Waals surface area (Å²) in [6.45, 7) is 2.41. The van der Waals surface area contributed by atoms with Gasteiger partial charge in [0.05, 0.1) is 12.1 Å². The molecule has 94 valence electrons.